The highest BCUT2D eigenvalue weighted by Crippen LogP contribution is 2.29. The SMILES string of the molecule is O=C(CSc1nc(N2CCOCC2)c2ccccc2n1)N1CCC(Oc2no[n+]([O-])c2S(=O)(=O)c2ccccc2)CC1. The van der Waals surface area contributed by atoms with Crippen molar-refractivity contribution in [3.63, 3.8) is 0 Å². The summed E-state index contributed by atoms with van der Waals surface area (Å²) in [5, 5.41) is 16.5. The number of aromatic nitrogens is 4. The molecule has 2 aromatic carbocycles. The summed E-state index contributed by atoms with van der Waals surface area (Å²) >= 11 is 1.29. The summed E-state index contributed by atoms with van der Waals surface area (Å²) in [4.78, 5) is 26.2. The molecule has 4 aromatic rings. The molecule has 0 atom stereocenters. The average Bonchev–Trinajstić information content (AvgIpc) is 3.40. The predicted octanol–water partition coefficient (Wildman–Crippen LogP) is 2.08. The summed E-state index contributed by atoms with van der Waals surface area (Å²) in [7, 11) is -4.21. The van der Waals surface area contributed by atoms with Crippen molar-refractivity contribution in [3.8, 4) is 5.88 Å². The Morgan fingerprint density at radius 3 is 2.50 bits per heavy atom. The first kappa shape index (κ1) is 28.2. The number of fused-ring (bicyclic) bond motifs is 1. The lowest BCUT2D eigenvalue weighted by atomic mass is 10.1. The van der Waals surface area contributed by atoms with Gasteiger partial charge in [-0.25, -0.2) is 18.4 Å². The molecule has 6 rings (SSSR count). The zero-order valence-corrected chi connectivity index (χ0v) is 24.1. The maximum absolute atomic E-state index is 13.1. The Labute approximate surface area is 245 Å². The number of ether oxygens (including phenoxy) is 2. The van der Waals surface area contributed by atoms with Crippen LogP contribution in [0.1, 0.15) is 12.8 Å². The first-order valence-electron chi connectivity index (χ1n) is 13.5. The van der Waals surface area contributed by atoms with E-state index >= 15 is 0 Å². The summed E-state index contributed by atoms with van der Waals surface area (Å²) in [6, 6.07) is 15.4. The van der Waals surface area contributed by atoms with Crippen molar-refractivity contribution >= 4 is 44.2 Å². The van der Waals surface area contributed by atoms with E-state index in [1.54, 1.807) is 23.1 Å². The topological polar surface area (TPSA) is 155 Å². The molecule has 4 heterocycles. The van der Waals surface area contributed by atoms with Crippen molar-refractivity contribution in [1.82, 2.24) is 20.0 Å². The minimum Gasteiger partial charge on any atom is -0.451 e. The second kappa shape index (κ2) is 12.1. The molecule has 2 aromatic heterocycles. The lowest BCUT2D eigenvalue weighted by Gasteiger charge is -2.31. The number of hydrogen-bond acceptors (Lipinski definition) is 12. The van der Waals surface area contributed by atoms with Gasteiger partial charge in [-0.3, -0.25) is 9.42 Å². The summed E-state index contributed by atoms with van der Waals surface area (Å²) in [6.45, 7) is 3.55. The number of thioether (sulfide) groups is 1. The number of amides is 1. The Balaban J connectivity index is 1.07. The lowest BCUT2D eigenvalue weighted by molar-refractivity contribution is -0.832. The van der Waals surface area contributed by atoms with Gasteiger partial charge < -0.3 is 24.5 Å². The van der Waals surface area contributed by atoms with Crippen molar-refractivity contribution < 1.29 is 32.2 Å². The molecule has 0 saturated carbocycles. The van der Waals surface area contributed by atoms with Crippen LogP contribution in [0.4, 0.5) is 5.82 Å². The molecule has 2 aliphatic heterocycles. The number of nitrogens with zero attached hydrogens (tertiary/aromatic N) is 6. The number of hydrogen-bond donors (Lipinski definition) is 0. The van der Waals surface area contributed by atoms with Crippen LogP contribution in [0, 0.1) is 5.21 Å². The first-order valence-corrected chi connectivity index (χ1v) is 15.9. The number of anilines is 1. The van der Waals surface area contributed by atoms with Crippen molar-refractivity contribution in [2.24, 2.45) is 0 Å². The van der Waals surface area contributed by atoms with Crippen LogP contribution in [0.25, 0.3) is 10.9 Å². The monoisotopic (exact) mass is 612 g/mol. The van der Waals surface area contributed by atoms with Crippen LogP contribution in [0.3, 0.4) is 0 Å². The van der Waals surface area contributed by atoms with Crippen LogP contribution in [-0.2, 0) is 19.4 Å². The van der Waals surface area contributed by atoms with Gasteiger partial charge in [0.1, 0.15) is 11.9 Å². The third kappa shape index (κ3) is 5.84. The van der Waals surface area contributed by atoms with E-state index in [9.17, 15) is 18.4 Å². The summed E-state index contributed by atoms with van der Waals surface area (Å²) in [5.41, 5.74) is 0.822. The largest absolute Gasteiger partial charge is 0.451 e. The Hall–Kier alpha value is -3.95. The zero-order valence-electron chi connectivity index (χ0n) is 22.5. The molecule has 0 aliphatic carbocycles. The van der Waals surface area contributed by atoms with Crippen LogP contribution in [-0.4, -0.2) is 85.6 Å². The summed E-state index contributed by atoms with van der Waals surface area (Å²) in [6.07, 6.45) is 0.415. The average molecular weight is 613 g/mol. The summed E-state index contributed by atoms with van der Waals surface area (Å²) in [5.74, 6) is 0.566. The molecular weight excluding hydrogens is 584 g/mol. The lowest BCUT2D eigenvalue weighted by Crippen LogP contribution is -2.42. The quantitative estimate of drug-likeness (QED) is 0.163. The highest BCUT2D eigenvalue weighted by atomic mass is 32.2. The molecule has 0 radical (unpaired) electrons. The molecule has 15 heteroatoms. The third-order valence-corrected chi connectivity index (χ3v) is 9.68. The predicted molar refractivity (Wildman–Crippen MR) is 151 cm³/mol. The maximum atomic E-state index is 13.1. The molecule has 2 aliphatic rings. The Morgan fingerprint density at radius 1 is 1.02 bits per heavy atom. The molecule has 220 valence electrons. The first-order chi connectivity index (χ1) is 20.4. The van der Waals surface area contributed by atoms with Crippen LogP contribution >= 0.6 is 11.8 Å². The van der Waals surface area contributed by atoms with Crippen molar-refractivity contribution in [1.29, 1.82) is 0 Å². The van der Waals surface area contributed by atoms with Gasteiger partial charge in [-0.2, -0.15) is 0 Å². The van der Waals surface area contributed by atoms with E-state index in [-0.39, 0.29) is 21.5 Å². The second-order valence-corrected chi connectivity index (χ2v) is 12.6. The molecule has 0 spiro atoms. The van der Waals surface area contributed by atoms with Gasteiger partial charge in [0.25, 0.3) is 9.84 Å². The van der Waals surface area contributed by atoms with Gasteiger partial charge in [0, 0.05) is 44.4 Å². The minimum atomic E-state index is -4.21. The number of para-hydroxylation sites is 1. The fourth-order valence-corrected chi connectivity index (χ4v) is 6.98. The normalized spacial score (nSPS) is 16.6. The van der Waals surface area contributed by atoms with Gasteiger partial charge in [-0.05, 0) is 29.2 Å². The number of morpholine rings is 1. The molecular formula is C27H28N6O7S2. The Kier molecular flexibility index (Phi) is 8.13. The van der Waals surface area contributed by atoms with Gasteiger partial charge >= 0.3 is 10.9 Å². The van der Waals surface area contributed by atoms with Crippen LogP contribution in [0.2, 0.25) is 0 Å². The van der Waals surface area contributed by atoms with E-state index in [1.807, 2.05) is 24.3 Å². The molecule has 42 heavy (non-hydrogen) atoms. The van der Waals surface area contributed by atoms with Crippen molar-refractivity contribution in [3.05, 3.63) is 59.8 Å². The van der Waals surface area contributed by atoms with E-state index in [2.05, 4.69) is 19.7 Å². The van der Waals surface area contributed by atoms with Crippen LogP contribution in [0.15, 0.2) is 74.3 Å². The highest BCUT2D eigenvalue weighted by Gasteiger charge is 2.37. The van der Waals surface area contributed by atoms with Gasteiger partial charge in [-0.15, -0.1) is 0 Å². The Morgan fingerprint density at radius 2 is 1.74 bits per heavy atom. The number of sulfone groups is 1. The van der Waals surface area contributed by atoms with Crippen molar-refractivity contribution in [2.75, 3.05) is 50.0 Å². The minimum absolute atomic E-state index is 0.0608. The molecule has 2 saturated heterocycles. The third-order valence-electron chi connectivity index (χ3n) is 7.13. The molecule has 0 bridgehead atoms. The van der Waals surface area contributed by atoms with E-state index < -0.39 is 26.8 Å². The standard InChI is InChI=1S/C27H28N6O7S2/c34-23(18-41-27-28-22-9-5-4-8-21(22)24(29-27)32-14-16-38-17-15-32)31-12-10-19(11-13-31)39-25-26(33(35)40-30-25)42(36,37)20-6-2-1-3-7-20/h1-9,19H,10-18H2. The zero-order chi connectivity index (χ0) is 29.1. The van der Waals surface area contributed by atoms with E-state index in [1.165, 1.54) is 23.9 Å². The van der Waals surface area contributed by atoms with E-state index in [4.69, 9.17) is 14.5 Å². The van der Waals surface area contributed by atoms with E-state index in [0.717, 1.165) is 29.8 Å². The number of rotatable bonds is 8. The van der Waals surface area contributed by atoms with Gasteiger partial charge in [0.05, 0.1) is 34.5 Å². The number of benzene rings is 2. The molecule has 1 amide bonds. The molecule has 2 fully saturated rings. The molecule has 0 N–H and O–H groups in total. The van der Waals surface area contributed by atoms with Gasteiger partial charge in [0.15, 0.2) is 5.16 Å². The fourth-order valence-electron chi connectivity index (χ4n) is 4.94. The van der Waals surface area contributed by atoms with E-state index in [0.29, 0.717) is 44.3 Å². The number of likely N-dealkylation sites (tertiary alicyclic amines) is 1. The smallest absolute Gasteiger partial charge is 0.415 e. The van der Waals surface area contributed by atoms with Crippen LogP contribution in [0.5, 0.6) is 5.88 Å². The number of carbonyl (C=O) groups is 1. The van der Waals surface area contributed by atoms with Crippen LogP contribution < -0.4 is 14.5 Å². The number of piperidine rings is 1. The Bertz CT molecular complexity index is 1670. The van der Waals surface area contributed by atoms with Gasteiger partial charge in [-0.1, -0.05) is 42.1 Å². The summed E-state index contributed by atoms with van der Waals surface area (Å²) < 4.78 is 41.9. The fraction of sp³-hybridized carbons (Fsp3) is 0.370. The highest BCUT2D eigenvalue weighted by molar-refractivity contribution is 7.99. The number of carbonyl (C=O) groups excluding carboxylic acids is 1. The van der Waals surface area contributed by atoms with Gasteiger partial charge in [0.2, 0.25) is 5.91 Å². The van der Waals surface area contributed by atoms with Crippen molar-refractivity contribution in [2.45, 2.75) is 34.0 Å². The molecule has 0 unspecified atom stereocenters. The maximum Gasteiger partial charge on any atom is 0.415 e. The second-order valence-electron chi connectivity index (χ2n) is 9.79. The molecule has 13 nitrogen and oxygen atoms in total.